The van der Waals surface area contributed by atoms with Gasteiger partial charge in [0.1, 0.15) is 0 Å². The fraction of sp³-hybridized carbons (Fsp3) is 0.273. The van der Waals surface area contributed by atoms with Gasteiger partial charge in [0.2, 0.25) is 11.8 Å². The van der Waals surface area contributed by atoms with Gasteiger partial charge in [-0.2, -0.15) is 0 Å². The van der Waals surface area contributed by atoms with Crippen LogP contribution in [0.25, 0.3) is 6.08 Å². The van der Waals surface area contributed by atoms with Crippen molar-refractivity contribution in [2.45, 2.75) is 6.92 Å². The zero-order valence-electron chi connectivity index (χ0n) is 9.36. The highest BCUT2D eigenvalue weighted by molar-refractivity contribution is 5.73. The molecule has 0 radical (unpaired) electrons. The highest BCUT2D eigenvalue weighted by atomic mass is 16.5. The minimum atomic E-state index is -0.0729. The molecule has 0 fully saturated rings. The molecule has 0 spiro atoms. The Labute approximate surface area is 94.3 Å². The van der Waals surface area contributed by atoms with Crippen LogP contribution < -0.4 is 15.8 Å². The summed E-state index contributed by atoms with van der Waals surface area (Å²) < 4.78 is 4.98. The molecule has 0 unspecified atom stereocenters. The summed E-state index contributed by atoms with van der Waals surface area (Å²) in [5.74, 6) is 0.435. The minimum absolute atomic E-state index is 0.0729. The minimum Gasteiger partial charge on any atom is -0.481 e. The Morgan fingerprint density at radius 2 is 2.38 bits per heavy atom. The highest BCUT2D eigenvalue weighted by Crippen LogP contribution is 2.15. The van der Waals surface area contributed by atoms with E-state index in [0.29, 0.717) is 23.8 Å². The van der Waals surface area contributed by atoms with E-state index in [-0.39, 0.29) is 5.91 Å². The maximum atomic E-state index is 10.6. The number of nitrogens with two attached hydrogens (primary N) is 1. The Balaban J connectivity index is 2.68. The van der Waals surface area contributed by atoms with Crippen molar-refractivity contribution in [3.63, 3.8) is 0 Å². The zero-order chi connectivity index (χ0) is 12.0. The molecular formula is C11H15N3O2. The normalized spacial score (nSPS) is 10.4. The molecule has 1 rings (SSSR count). The number of nitrogens with zero attached hydrogens (tertiary/aromatic N) is 1. The van der Waals surface area contributed by atoms with Crippen molar-refractivity contribution in [3.8, 4) is 5.88 Å². The summed E-state index contributed by atoms with van der Waals surface area (Å²) in [6, 6.07) is 3.42. The van der Waals surface area contributed by atoms with Crippen molar-refractivity contribution in [3.05, 3.63) is 23.9 Å². The molecule has 0 aliphatic heterocycles. The number of aromatic nitrogens is 1. The van der Waals surface area contributed by atoms with Gasteiger partial charge in [0.15, 0.2) is 0 Å². The van der Waals surface area contributed by atoms with Crippen molar-refractivity contribution in [1.29, 1.82) is 0 Å². The molecule has 5 heteroatoms. The first-order valence-corrected chi connectivity index (χ1v) is 4.85. The van der Waals surface area contributed by atoms with E-state index >= 15 is 0 Å². The van der Waals surface area contributed by atoms with Gasteiger partial charge >= 0.3 is 0 Å². The second-order valence-corrected chi connectivity index (χ2v) is 3.17. The molecule has 0 aliphatic rings. The largest absolute Gasteiger partial charge is 0.481 e. The van der Waals surface area contributed by atoms with Gasteiger partial charge in [0, 0.05) is 19.5 Å². The van der Waals surface area contributed by atoms with Gasteiger partial charge in [-0.15, -0.1) is 0 Å². The number of hydrogen-bond acceptors (Lipinski definition) is 4. The fourth-order valence-electron chi connectivity index (χ4n) is 1.09. The van der Waals surface area contributed by atoms with Crippen LogP contribution >= 0.6 is 0 Å². The molecule has 1 aromatic heterocycles. The van der Waals surface area contributed by atoms with Crippen LogP contribution in [-0.4, -0.2) is 24.5 Å². The average molecular weight is 221 g/mol. The van der Waals surface area contributed by atoms with Crippen LogP contribution in [0.3, 0.4) is 0 Å². The van der Waals surface area contributed by atoms with E-state index in [2.05, 4.69) is 10.3 Å². The Kier molecular flexibility index (Phi) is 4.32. The standard InChI is InChI=1S/C11H15N3O2/c1-8(15)13-7-3-4-10-9(12)5-6-11(14-10)16-2/h3-6H,7,12H2,1-2H3,(H,13,15). The monoisotopic (exact) mass is 221 g/mol. The number of pyridine rings is 1. The third-order valence-corrected chi connectivity index (χ3v) is 1.89. The van der Waals surface area contributed by atoms with Gasteiger partial charge in [0.25, 0.3) is 0 Å². The number of rotatable bonds is 4. The number of carbonyl (C=O) groups excluding carboxylic acids is 1. The van der Waals surface area contributed by atoms with Crippen molar-refractivity contribution in [2.75, 3.05) is 19.4 Å². The first kappa shape index (κ1) is 12.0. The fourth-order valence-corrected chi connectivity index (χ4v) is 1.09. The van der Waals surface area contributed by atoms with Crippen LogP contribution in [0.1, 0.15) is 12.6 Å². The summed E-state index contributed by atoms with van der Waals surface area (Å²) in [6.07, 6.45) is 3.52. The number of methoxy groups -OCH3 is 1. The van der Waals surface area contributed by atoms with Crippen molar-refractivity contribution in [2.24, 2.45) is 0 Å². The number of anilines is 1. The first-order chi connectivity index (χ1) is 7.63. The van der Waals surface area contributed by atoms with E-state index in [4.69, 9.17) is 10.5 Å². The van der Waals surface area contributed by atoms with Crippen LogP contribution in [0, 0.1) is 0 Å². The van der Waals surface area contributed by atoms with Gasteiger partial charge in [-0.05, 0) is 12.1 Å². The number of hydrogen-bond donors (Lipinski definition) is 2. The maximum Gasteiger partial charge on any atom is 0.217 e. The summed E-state index contributed by atoms with van der Waals surface area (Å²) in [4.78, 5) is 14.8. The molecular weight excluding hydrogens is 206 g/mol. The molecule has 3 N–H and O–H groups in total. The lowest BCUT2D eigenvalue weighted by Gasteiger charge is -2.03. The highest BCUT2D eigenvalue weighted by Gasteiger charge is 1.99. The summed E-state index contributed by atoms with van der Waals surface area (Å²) >= 11 is 0. The molecule has 1 heterocycles. The van der Waals surface area contributed by atoms with E-state index in [1.165, 1.54) is 6.92 Å². The van der Waals surface area contributed by atoms with E-state index in [1.54, 1.807) is 31.4 Å². The Bertz CT molecular complexity index is 402. The molecule has 0 atom stereocenters. The molecule has 0 bridgehead atoms. The molecule has 1 aromatic rings. The molecule has 0 aromatic carbocycles. The van der Waals surface area contributed by atoms with E-state index < -0.39 is 0 Å². The van der Waals surface area contributed by atoms with Crippen molar-refractivity contribution >= 4 is 17.7 Å². The average Bonchev–Trinajstić information content (AvgIpc) is 2.26. The smallest absolute Gasteiger partial charge is 0.217 e. The van der Waals surface area contributed by atoms with Crippen LogP contribution in [0.15, 0.2) is 18.2 Å². The lowest BCUT2D eigenvalue weighted by molar-refractivity contribution is -0.118. The van der Waals surface area contributed by atoms with Gasteiger partial charge in [-0.3, -0.25) is 4.79 Å². The van der Waals surface area contributed by atoms with Gasteiger partial charge in [-0.25, -0.2) is 4.98 Å². The second kappa shape index (κ2) is 5.75. The molecule has 5 nitrogen and oxygen atoms in total. The molecule has 1 amide bonds. The summed E-state index contributed by atoms with van der Waals surface area (Å²) in [6.45, 7) is 1.92. The molecule has 16 heavy (non-hydrogen) atoms. The summed E-state index contributed by atoms with van der Waals surface area (Å²) in [5.41, 5.74) is 6.93. The molecule has 0 aliphatic carbocycles. The zero-order valence-corrected chi connectivity index (χ0v) is 9.36. The van der Waals surface area contributed by atoms with Crippen LogP contribution in [0.4, 0.5) is 5.69 Å². The quantitative estimate of drug-likeness (QED) is 0.789. The van der Waals surface area contributed by atoms with E-state index in [1.807, 2.05) is 0 Å². The van der Waals surface area contributed by atoms with Crippen LogP contribution in [-0.2, 0) is 4.79 Å². The predicted molar refractivity (Wildman–Crippen MR) is 62.9 cm³/mol. The van der Waals surface area contributed by atoms with Gasteiger partial charge in [-0.1, -0.05) is 6.08 Å². The predicted octanol–water partition coefficient (Wildman–Crippen LogP) is 0.822. The lowest BCUT2D eigenvalue weighted by atomic mass is 10.3. The van der Waals surface area contributed by atoms with Crippen molar-refractivity contribution in [1.82, 2.24) is 10.3 Å². The molecule has 86 valence electrons. The summed E-state index contributed by atoms with van der Waals surface area (Å²) in [5, 5.41) is 2.64. The Morgan fingerprint density at radius 3 is 3.00 bits per heavy atom. The topological polar surface area (TPSA) is 77.2 Å². The van der Waals surface area contributed by atoms with Crippen LogP contribution in [0.2, 0.25) is 0 Å². The lowest BCUT2D eigenvalue weighted by Crippen LogP contribution is -2.19. The van der Waals surface area contributed by atoms with Gasteiger partial charge < -0.3 is 15.8 Å². The van der Waals surface area contributed by atoms with E-state index in [0.717, 1.165) is 0 Å². The first-order valence-electron chi connectivity index (χ1n) is 4.85. The Hall–Kier alpha value is -2.04. The molecule has 0 saturated carbocycles. The second-order valence-electron chi connectivity index (χ2n) is 3.17. The maximum absolute atomic E-state index is 10.6. The third kappa shape index (κ3) is 3.61. The van der Waals surface area contributed by atoms with Gasteiger partial charge in [0.05, 0.1) is 18.5 Å². The SMILES string of the molecule is COc1ccc(N)c(C=CCNC(C)=O)n1. The number of ether oxygens (including phenoxy) is 1. The van der Waals surface area contributed by atoms with Crippen molar-refractivity contribution < 1.29 is 9.53 Å². The Morgan fingerprint density at radius 1 is 1.62 bits per heavy atom. The van der Waals surface area contributed by atoms with Crippen LogP contribution in [0.5, 0.6) is 5.88 Å². The number of carbonyl (C=O) groups is 1. The summed E-state index contributed by atoms with van der Waals surface area (Å²) in [7, 11) is 1.54. The number of nitrogens with one attached hydrogen (secondary N) is 1. The third-order valence-electron chi connectivity index (χ3n) is 1.89. The number of amides is 1. The van der Waals surface area contributed by atoms with E-state index in [9.17, 15) is 4.79 Å². The molecule has 0 saturated heterocycles. The number of nitrogen functional groups attached to an aromatic ring is 1.